The molecule has 1 aromatic carbocycles. The van der Waals surface area contributed by atoms with E-state index in [1.165, 1.54) is 11.1 Å². The van der Waals surface area contributed by atoms with Gasteiger partial charge in [-0.2, -0.15) is 0 Å². The lowest BCUT2D eigenvalue weighted by Gasteiger charge is -2.24. The number of likely N-dealkylation sites (tertiary alicyclic amines) is 1. The zero-order valence-electron chi connectivity index (χ0n) is 13.6. The minimum absolute atomic E-state index is 0.303. The number of amides is 1. The summed E-state index contributed by atoms with van der Waals surface area (Å²) in [5.41, 5.74) is 2.86. The van der Waals surface area contributed by atoms with Crippen molar-refractivity contribution < 1.29 is 9.53 Å². The third-order valence-electron chi connectivity index (χ3n) is 3.46. The lowest BCUT2D eigenvalue weighted by atomic mass is 10.1. The SMILES string of the molecule is Cc1ccc(N=C2CCCN2C(=O)OC(C)(C)C)cc1C. The van der Waals surface area contributed by atoms with Crippen LogP contribution in [0.1, 0.15) is 44.7 Å². The highest BCUT2D eigenvalue weighted by molar-refractivity contribution is 5.98. The van der Waals surface area contributed by atoms with Crippen molar-refractivity contribution in [2.75, 3.05) is 6.54 Å². The first-order valence-electron chi connectivity index (χ1n) is 7.41. The molecule has 0 radical (unpaired) electrons. The first-order chi connectivity index (χ1) is 9.76. The molecule has 4 nitrogen and oxygen atoms in total. The Hall–Kier alpha value is -1.84. The number of hydrogen-bond donors (Lipinski definition) is 0. The molecule has 1 saturated heterocycles. The summed E-state index contributed by atoms with van der Waals surface area (Å²) < 4.78 is 5.44. The van der Waals surface area contributed by atoms with Crippen LogP contribution in [0, 0.1) is 13.8 Å². The second-order valence-corrected chi connectivity index (χ2v) is 6.53. The van der Waals surface area contributed by atoms with Crippen molar-refractivity contribution in [3.8, 4) is 0 Å². The average molecular weight is 288 g/mol. The van der Waals surface area contributed by atoms with Crippen molar-refractivity contribution in [3.05, 3.63) is 29.3 Å². The molecule has 0 spiro atoms. The molecular formula is C17H24N2O2. The number of ether oxygens (including phenoxy) is 1. The minimum atomic E-state index is -0.481. The van der Waals surface area contributed by atoms with E-state index in [4.69, 9.17) is 4.74 Å². The van der Waals surface area contributed by atoms with E-state index >= 15 is 0 Å². The molecule has 0 unspecified atom stereocenters. The molecule has 0 bridgehead atoms. The van der Waals surface area contributed by atoms with Gasteiger partial charge in [-0.3, -0.25) is 4.90 Å². The summed E-state index contributed by atoms with van der Waals surface area (Å²) >= 11 is 0. The number of aliphatic imine (C=N–C) groups is 1. The molecule has 0 N–H and O–H groups in total. The largest absolute Gasteiger partial charge is 0.443 e. The van der Waals surface area contributed by atoms with Crippen LogP contribution in [-0.4, -0.2) is 29.0 Å². The Morgan fingerprint density at radius 3 is 2.57 bits per heavy atom. The summed E-state index contributed by atoms with van der Waals surface area (Å²) in [7, 11) is 0. The third kappa shape index (κ3) is 4.06. The van der Waals surface area contributed by atoms with Crippen molar-refractivity contribution in [1.29, 1.82) is 0 Å². The average Bonchev–Trinajstić information content (AvgIpc) is 2.80. The van der Waals surface area contributed by atoms with Gasteiger partial charge in [-0.25, -0.2) is 9.79 Å². The van der Waals surface area contributed by atoms with Crippen LogP contribution in [0.4, 0.5) is 10.5 Å². The molecule has 1 fully saturated rings. The molecule has 0 atom stereocenters. The van der Waals surface area contributed by atoms with E-state index in [1.54, 1.807) is 4.90 Å². The highest BCUT2D eigenvalue weighted by Crippen LogP contribution is 2.22. The summed E-state index contributed by atoms with van der Waals surface area (Å²) in [6.45, 7) is 10.5. The van der Waals surface area contributed by atoms with Gasteiger partial charge in [-0.05, 0) is 64.3 Å². The highest BCUT2D eigenvalue weighted by Gasteiger charge is 2.29. The van der Waals surface area contributed by atoms with E-state index in [2.05, 4.69) is 24.9 Å². The van der Waals surface area contributed by atoms with E-state index < -0.39 is 5.60 Å². The lowest BCUT2D eigenvalue weighted by Crippen LogP contribution is -2.37. The number of carbonyl (C=O) groups excluding carboxylic acids is 1. The van der Waals surface area contributed by atoms with Gasteiger partial charge in [0.2, 0.25) is 0 Å². The molecule has 1 aliphatic heterocycles. The third-order valence-corrected chi connectivity index (χ3v) is 3.46. The quantitative estimate of drug-likeness (QED) is 0.770. The van der Waals surface area contributed by atoms with Crippen LogP contribution in [-0.2, 0) is 4.74 Å². The lowest BCUT2D eigenvalue weighted by molar-refractivity contribution is 0.0383. The smallest absolute Gasteiger partial charge is 0.415 e. The standard InChI is InChI=1S/C17H24N2O2/c1-12-8-9-14(11-13(12)2)18-15-7-6-10-19(15)16(20)21-17(3,4)5/h8-9,11H,6-7,10H2,1-5H3. The van der Waals surface area contributed by atoms with Crippen molar-refractivity contribution >= 4 is 17.6 Å². The van der Waals surface area contributed by atoms with Crippen molar-refractivity contribution in [3.63, 3.8) is 0 Å². The fourth-order valence-corrected chi connectivity index (χ4v) is 2.23. The number of hydrogen-bond acceptors (Lipinski definition) is 3. The van der Waals surface area contributed by atoms with Crippen LogP contribution >= 0.6 is 0 Å². The molecule has 21 heavy (non-hydrogen) atoms. The minimum Gasteiger partial charge on any atom is -0.443 e. The Bertz CT molecular complexity index is 571. The molecular weight excluding hydrogens is 264 g/mol. The Morgan fingerprint density at radius 1 is 1.24 bits per heavy atom. The number of aryl methyl sites for hydroxylation is 2. The second kappa shape index (κ2) is 5.88. The van der Waals surface area contributed by atoms with Gasteiger partial charge in [-0.1, -0.05) is 6.07 Å². The van der Waals surface area contributed by atoms with Crippen LogP contribution < -0.4 is 0 Å². The van der Waals surface area contributed by atoms with Crippen molar-refractivity contribution in [2.24, 2.45) is 4.99 Å². The maximum Gasteiger partial charge on any atom is 0.415 e. The molecule has 1 aliphatic rings. The van der Waals surface area contributed by atoms with E-state index in [0.29, 0.717) is 6.54 Å². The predicted octanol–water partition coefficient (Wildman–Crippen LogP) is 4.36. The molecule has 0 aliphatic carbocycles. The topological polar surface area (TPSA) is 41.9 Å². The van der Waals surface area contributed by atoms with Gasteiger partial charge in [0.15, 0.2) is 0 Å². The zero-order valence-corrected chi connectivity index (χ0v) is 13.6. The van der Waals surface area contributed by atoms with Crippen LogP contribution in [0.25, 0.3) is 0 Å². The maximum atomic E-state index is 12.2. The highest BCUT2D eigenvalue weighted by atomic mass is 16.6. The summed E-state index contributed by atoms with van der Waals surface area (Å²) in [4.78, 5) is 18.5. The molecule has 4 heteroatoms. The number of nitrogens with zero attached hydrogens (tertiary/aromatic N) is 2. The van der Waals surface area contributed by atoms with Gasteiger partial charge in [0.25, 0.3) is 0 Å². The summed E-state index contributed by atoms with van der Waals surface area (Å²) in [6.07, 6.45) is 1.44. The molecule has 0 aromatic heterocycles. The van der Waals surface area contributed by atoms with Gasteiger partial charge in [0.1, 0.15) is 11.4 Å². The number of amidine groups is 1. The predicted molar refractivity (Wildman–Crippen MR) is 85.2 cm³/mol. The van der Waals surface area contributed by atoms with Crippen LogP contribution in [0.5, 0.6) is 0 Å². The molecule has 1 aromatic rings. The molecule has 1 amide bonds. The van der Waals surface area contributed by atoms with Gasteiger partial charge in [-0.15, -0.1) is 0 Å². The van der Waals surface area contributed by atoms with Crippen molar-refractivity contribution in [2.45, 2.75) is 53.1 Å². The van der Waals surface area contributed by atoms with Crippen LogP contribution in [0.3, 0.4) is 0 Å². The second-order valence-electron chi connectivity index (χ2n) is 6.53. The number of rotatable bonds is 1. The summed E-state index contributed by atoms with van der Waals surface area (Å²) in [6, 6.07) is 6.09. The number of carbonyl (C=O) groups is 1. The Labute approximate surface area is 126 Å². The maximum absolute atomic E-state index is 12.2. The van der Waals surface area contributed by atoms with Crippen molar-refractivity contribution in [1.82, 2.24) is 4.90 Å². The molecule has 0 saturated carbocycles. The first-order valence-corrected chi connectivity index (χ1v) is 7.41. The van der Waals surface area contributed by atoms with Gasteiger partial charge >= 0.3 is 6.09 Å². The Balaban J connectivity index is 2.19. The zero-order chi connectivity index (χ0) is 15.6. The van der Waals surface area contributed by atoms with E-state index in [-0.39, 0.29) is 6.09 Å². The van der Waals surface area contributed by atoms with Crippen LogP contribution in [0.2, 0.25) is 0 Å². The fraction of sp³-hybridized carbons (Fsp3) is 0.529. The molecule has 2 rings (SSSR count). The summed E-state index contributed by atoms with van der Waals surface area (Å²) in [5, 5.41) is 0. The number of benzene rings is 1. The first kappa shape index (κ1) is 15.5. The molecule has 114 valence electrons. The summed E-state index contributed by atoms with van der Waals surface area (Å²) in [5.74, 6) is 0.799. The van der Waals surface area contributed by atoms with E-state index in [9.17, 15) is 4.79 Å². The normalized spacial score (nSPS) is 17.4. The Morgan fingerprint density at radius 2 is 1.95 bits per heavy atom. The van der Waals surface area contributed by atoms with E-state index in [0.717, 1.165) is 24.4 Å². The fourth-order valence-electron chi connectivity index (χ4n) is 2.23. The van der Waals surface area contributed by atoms with Gasteiger partial charge < -0.3 is 4.74 Å². The molecule has 1 heterocycles. The van der Waals surface area contributed by atoms with Gasteiger partial charge in [0, 0.05) is 13.0 Å². The van der Waals surface area contributed by atoms with E-state index in [1.807, 2.05) is 32.9 Å². The van der Waals surface area contributed by atoms with Crippen LogP contribution in [0.15, 0.2) is 23.2 Å². The Kier molecular flexibility index (Phi) is 4.35. The monoisotopic (exact) mass is 288 g/mol. The van der Waals surface area contributed by atoms with Gasteiger partial charge in [0.05, 0.1) is 5.69 Å².